The van der Waals surface area contributed by atoms with Crippen molar-refractivity contribution in [2.75, 3.05) is 7.05 Å². The van der Waals surface area contributed by atoms with Gasteiger partial charge in [0.2, 0.25) is 0 Å². The van der Waals surface area contributed by atoms with E-state index in [-0.39, 0.29) is 11.5 Å². The van der Waals surface area contributed by atoms with E-state index in [1.54, 1.807) is 11.8 Å². The molecule has 1 aliphatic rings. The molecule has 2 heterocycles. The van der Waals surface area contributed by atoms with E-state index in [2.05, 4.69) is 37.0 Å². The molecule has 0 atom stereocenters. The van der Waals surface area contributed by atoms with E-state index >= 15 is 0 Å². The van der Waals surface area contributed by atoms with Crippen LogP contribution in [0.3, 0.4) is 0 Å². The second kappa shape index (κ2) is 9.17. The highest BCUT2D eigenvalue weighted by atomic mass is 32.2. The zero-order valence-electron chi connectivity index (χ0n) is 18.6. The van der Waals surface area contributed by atoms with Gasteiger partial charge in [-0.15, -0.1) is 23.1 Å². The van der Waals surface area contributed by atoms with Gasteiger partial charge in [-0.1, -0.05) is 37.0 Å². The van der Waals surface area contributed by atoms with Gasteiger partial charge in [-0.3, -0.25) is 9.59 Å². The van der Waals surface area contributed by atoms with Crippen LogP contribution in [-0.4, -0.2) is 33.9 Å². The summed E-state index contributed by atoms with van der Waals surface area (Å²) in [5, 5.41) is 0.547. The minimum Gasteiger partial charge on any atom is -0.338 e. The first-order valence-electron chi connectivity index (χ1n) is 10.8. The number of thioether (sulfide) groups is 1. The van der Waals surface area contributed by atoms with Gasteiger partial charge >= 0.3 is 0 Å². The summed E-state index contributed by atoms with van der Waals surface area (Å²) in [5.41, 5.74) is 3.01. The van der Waals surface area contributed by atoms with Gasteiger partial charge in [0.25, 0.3) is 11.5 Å². The van der Waals surface area contributed by atoms with E-state index in [1.807, 2.05) is 18.9 Å². The molecule has 164 valence electrons. The molecule has 1 fully saturated rings. The molecule has 0 radical (unpaired) electrons. The molecule has 1 aromatic carbocycles. The average molecular weight is 456 g/mol. The van der Waals surface area contributed by atoms with Crippen LogP contribution in [0.25, 0.3) is 10.2 Å². The minimum atomic E-state index is -0.158. The normalized spacial score (nSPS) is 14.8. The van der Waals surface area contributed by atoms with Crippen molar-refractivity contribution in [2.24, 2.45) is 0 Å². The van der Waals surface area contributed by atoms with Crippen LogP contribution in [0, 0.1) is 20.8 Å². The molecule has 0 unspecified atom stereocenters. The predicted octanol–water partition coefficient (Wildman–Crippen LogP) is 5.61. The number of aromatic nitrogens is 2. The lowest BCUT2D eigenvalue weighted by Gasteiger charge is -2.31. The second-order valence-corrected chi connectivity index (χ2v) is 10.5. The molecule has 4 rings (SSSR count). The first-order valence-corrected chi connectivity index (χ1v) is 12.6. The zero-order chi connectivity index (χ0) is 22.1. The fraction of sp³-hybridized carbons (Fsp3) is 0.458. The van der Waals surface area contributed by atoms with Crippen molar-refractivity contribution < 1.29 is 4.79 Å². The van der Waals surface area contributed by atoms with Crippen molar-refractivity contribution in [3.63, 3.8) is 0 Å². The molecule has 1 saturated carbocycles. The van der Waals surface area contributed by atoms with Crippen molar-refractivity contribution in [3.8, 4) is 0 Å². The van der Waals surface area contributed by atoms with Gasteiger partial charge in [0.15, 0.2) is 0 Å². The van der Waals surface area contributed by atoms with E-state index in [9.17, 15) is 9.59 Å². The Kier molecular flexibility index (Phi) is 6.53. The quantitative estimate of drug-likeness (QED) is 0.508. The van der Waals surface area contributed by atoms with Crippen LogP contribution < -0.4 is 5.56 Å². The highest BCUT2D eigenvalue weighted by Crippen LogP contribution is 2.31. The summed E-state index contributed by atoms with van der Waals surface area (Å²) in [7, 11) is 1.89. The maximum atomic E-state index is 13.2. The zero-order valence-corrected chi connectivity index (χ0v) is 20.2. The number of carbonyl (C=O) groups excluding carboxylic acids is 1. The molecule has 5 nitrogen and oxygen atoms in total. The summed E-state index contributed by atoms with van der Waals surface area (Å²) < 4.78 is 0. The molecule has 0 saturated heterocycles. The highest BCUT2D eigenvalue weighted by Gasteiger charge is 2.27. The van der Waals surface area contributed by atoms with E-state index < -0.39 is 0 Å². The molecular formula is C24H29N3O2S2. The van der Waals surface area contributed by atoms with Gasteiger partial charge in [0.1, 0.15) is 10.7 Å². The maximum Gasteiger partial charge on any atom is 0.264 e. The molecular weight excluding hydrogens is 426 g/mol. The SMILES string of the molecule is Cc1ccc(C)c(SCc2nc3sc(C(=O)N(C)C4CCCCC4)c(C)c3c(=O)[nH]2)c1. The Morgan fingerprint density at radius 3 is 2.71 bits per heavy atom. The number of nitrogens with one attached hydrogen (secondary N) is 1. The van der Waals surface area contributed by atoms with Crippen molar-refractivity contribution in [1.82, 2.24) is 14.9 Å². The van der Waals surface area contributed by atoms with Gasteiger partial charge in [0.05, 0.1) is 16.0 Å². The summed E-state index contributed by atoms with van der Waals surface area (Å²) >= 11 is 3.02. The number of benzene rings is 1. The lowest BCUT2D eigenvalue weighted by molar-refractivity contribution is 0.0700. The highest BCUT2D eigenvalue weighted by molar-refractivity contribution is 7.98. The topological polar surface area (TPSA) is 66.1 Å². The molecule has 1 aliphatic carbocycles. The Morgan fingerprint density at radius 1 is 1.23 bits per heavy atom. The largest absolute Gasteiger partial charge is 0.338 e. The van der Waals surface area contributed by atoms with Crippen LogP contribution in [0.15, 0.2) is 27.9 Å². The Labute approximate surface area is 191 Å². The van der Waals surface area contributed by atoms with Crippen molar-refractivity contribution >= 4 is 39.2 Å². The van der Waals surface area contributed by atoms with Crippen molar-refractivity contribution in [3.05, 3.63) is 55.9 Å². The lowest BCUT2D eigenvalue weighted by Crippen LogP contribution is -2.38. The molecule has 0 aliphatic heterocycles. The number of hydrogen-bond donors (Lipinski definition) is 1. The average Bonchev–Trinajstić information content (AvgIpc) is 3.10. The first kappa shape index (κ1) is 22.1. The number of aryl methyl sites for hydroxylation is 3. The van der Waals surface area contributed by atoms with E-state index in [0.29, 0.717) is 32.7 Å². The molecule has 0 bridgehead atoms. The molecule has 7 heteroatoms. The monoisotopic (exact) mass is 455 g/mol. The molecule has 0 spiro atoms. The lowest BCUT2D eigenvalue weighted by atomic mass is 9.94. The van der Waals surface area contributed by atoms with E-state index in [4.69, 9.17) is 4.98 Å². The third-order valence-electron chi connectivity index (χ3n) is 6.19. The summed E-state index contributed by atoms with van der Waals surface area (Å²) in [6, 6.07) is 6.66. The molecule has 31 heavy (non-hydrogen) atoms. The molecule has 1 amide bonds. The number of amides is 1. The Morgan fingerprint density at radius 2 is 1.97 bits per heavy atom. The third kappa shape index (κ3) is 4.58. The van der Waals surface area contributed by atoms with Crippen molar-refractivity contribution in [1.29, 1.82) is 0 Å². The summed E-state index contributed by atoms with van der Waals surface area (Å²) in [5.74, 6) is 1.24. The van der Waals surface area contributed by atoms with Crippen LogP contribution in [0.4, 0.5) is 0 Å². The smallest absolute Gasteiger partial charge is 0.264 e. The Hall–Kier alpha value is -2.12. The van der Waals surface area contributed by atoms with Crippen molar-refractivity contribution in [2.45, 2.75) is 69.6 Å². The number of thiophene rings is 1. The van der Waals surface area contributed by atoms with Gasteiger partial charge in [-0.05, 0) is 50.8 Å². The number of H-pyrrole nitrogens is 1. The van der Waals surface area contributed by atoms with Gasteiger partial charge in [-0.2, -0.15) is 0 Å². The number of nitrogens with zero attached hydrogens (tertiary/aromatic N) is 2. The molecule has 3 aromatic rings. The van der Waals surface area contributed by atoms with Gasteiger partial charge in [-0.25, -0.2) is 4.98 Å². The van der Waals surface area contributed by atoms with Crippen LogP contribution >= 0.6 is 23.1 Å². The van der Waals surface area contributed by atoms with Crippen LogP contribution in [0.2, 0.25) is 0 Å². The predicted molar refractivity (Wildman–Crippen MR) is 129 cm³/mol. The number of aromatic amines is 1. The number of carbonyl (C=O) groups is 1. The Bertz CT molecular complexity index is 1180. The Balaban J connectivity index is 1.60. The maximum absolute atomic E-state index is 13.2. The third-order valence-corrected chi connectivity index (χ3v) is 8.54. The summed E-state index contributed by atoms with van der Waals surface area (Å²) in [4.78, 5) is 38.0. The fourth-order valence-electron chi connectivity index (χ4n) is 4.26. The van der Waals surface area contributed by atoms with Crippen LogP contribution in [0.5, 0.6) is 0 Å². The number of fused-ring (bicyclic) bond motifs is 1. The van der Waals surface area contributed by atoms with Gasteiger partial charge in [0, 0.05) is 18.0 Å². The molecule has 2 aromatic heterocycles. The minimum absolute atomic E-state index is 0.0121. The fourth-order valence-corrected chi connectivity index (χ4v) is 6.44. The van der Waals surface area contributed by atoms with E-state index in [1.165, 1.54) is 46.6 Å². The standard InChI is InChI=1S/C24H29N3O2S2/c1-14-10-11-15(2)18(12-14)30-13-19-25-22(28)20-16(3)21(31-23(20)26-19)24(29)27(4)17-8-6-5-7-9-17/h10-12,17H,5-9,13H2,1-4H3,(H,25,26,28). The number of rotatable bonds is 5. The summed E-state index contributed by atoms with van der Waals surface area (Å²) in [6.07, 6.45) is 5.73. The van der Waals surface area contributed by atoms with Gasteiger partial charge < -0.3 is 9.88 Å². The molecule has 1 N–H and O–H groups in total. The second-order valence-electron chi connectivity index (χ2n) is 8.51. The van der Waals surface area contributed by atoms with E-state index in [0.717, 1.165) is 18.4 Å². The summed E-state index contributed by atoms with van der Waals surface area (Å²) in [6.45, 7) is 6.03. The van der Waals surface area contributed by atoms with Crippen LogP contribution in [-0.2, 0) is 5.75 Å². The number of hydrogen-bond acceptors (Lipinski definition) is 5. The van der Waals surface area contributed by atoms with Crippen LogP contribution in [0.1, 0.15) is 64.3 Å². The first-order chi connectivity index (χ1) is 14.8.